The lowest BCUT2D eigenvalue weighted by molar-refractivity contribution is 0.553. The molecule has 0 saturated carbocycles. The van der Waals surface area contributed by atoms with Crippen molar-refractivity contribution < 1.29 is 0 Å². The zero-order valence-electron chi connectivity index (χ0n) is 9.58. The molecular weight excluding hydrogens is 204 g/mol. The summed E-state index contributed by atoms with van der Waals surface area (Å²) >= 11 is 1.73. The van der Waals surface area contributed by atoms with E-state index >= 15 is 0 Å². The quantitative estimate of drug-likeness (QED) is 0.775. The van der Waals surface area contributed by atoms with Gasteiger partial charge in [-0.2, -0.15) is 0 Å². The van der Waals surface area contributed by atoms with E-state index in [1.807, 2.05) is 0 Å². The van der Waals surface area contributed by atoms with Crippen molar-refractivity contribution >= 4 is 11.3 Å². The van der Waals surface area contributed by atoms with E-state index in [0.717, 1.165) is 18.7 Å². The van der Waals surface area contributed by atoms with Crippen molar-refractivity contribution in [1.82, 2.24) is 10.3 Å². The zero-order chi connectivity index (χ0) is 11.3. The molecule has 0 amide bonds. The maximum absolute atomic E-state index is 5.24. The number of hydrogen-bond donors (Lipinski definition) is 1. The maximum atomic E-state index is 5.24. The number of rotatable bonds is 5. The molecule has 0 radical (unpaired) electrons. The van der Waals surface area contributed by atoms with Gasteiger partial charge in [0.15, 0.2) is 0 Å². The summed E-state index contributed by atoms with van der Waals surface area (Å²) in [6, 6.07) is 0.360. The van der Waals surface area contributed by atoms with Crippen LogP contribution in [-0.2, 0) is 6.54 Å². The lowest BCUT2D eigenvalue weighted by Crippen LogP contribution is -2.24. The van der Waals surface area contributed by atoms with Crippen LogP contribution in [0.25, 0.3) is 0 Å². The first-order valence-electron chi connectivity index (χ1n) is 5.24. The van der Waals surface area contributed by atoms with Crippen LogP contribution in [0.2, 0.25) is 0 Å². The van der Waals surface area contributed by atoms with Crippen LogP contribution in [0.15, 0.2) is 5.38 Å². The second kappa shape index (κ2) is 5.89. The minimum absolute atomic E-state index is 0.360. The molecule has 0 aliphatic carbocycles. The molecule has 0 fully saturated rings. The van der Waals surface area contributed by atoms with E-state index in [0.29, 0.717) is 12.0 Å². The predicted molar refractivity (Wildman–Crippen MR) is 66.0 cm³/mol. The normalized spacial score (nSPS) is 12.7. The average Bonchev–Trinajstić information content (AvgIpc) is 2.63. The van der Waals surface area contributed by atoms with Crippen LogP contribution in [0.3, 0.4) is 0 Å². The SMILES string of the molecule is C#CCC(C)NCc1csc(C(C)C)n1. The van der Waals surface area contributed by atoms with Crippen LogP contribution in [0.4, 0.5) is 0 Å². The third-order valence-electron chi connectivity index (χ3n) is 2.12. The molecule has 1 aromatic rings. The largest absolute Gasteiger partial charge is 0.308 e. The van der Waals surface area contributed by atoms with E-state index in [1.54, 1.807) is 11.3 Å². The zero-order valence-corrected chi connectivity index (χ0v) is 10.4. The van der Waals surface area contributed by atoms with Gasteiger partial charge in [0.1, 0.15) is 0 Å². The minimum atomic E-state index is 0.360. The Morgan fingerprint density at radius 2 is 2.27 bits per heavy atom. The minimum Gasteiger partial charge on any atom is -0.308 e. The fraction of sp³-hybridized carbons (Fsp3) is 0.583. The van der Waals surface area contributed by atoms with Crippen molar-refractivity contribution in [3.63, 3.8) is 0 Å². The van der Waals surface area contributed by atoms with E-state index in [2.05, 4.69) is 42.4 Å². The van der Waals surface area contributed by atoms with E-state index in [4.69, 9.17) is 6.42 Å². The highest BCUT2D eigenvalue weighted by atomic mass is 32.1. The second-order valence-electron chi connectivity index (χ2n) is 4.02. The van der Waals surface area contributed by atoms with E-state index in [1.165, 1.54) is 5.01 Å². The van der Waals surface area contributed by atoms with Crippen molar-refractivity contribution in [3.05, 3.63) is 16.1 Å². The van der Waals surface area contributed by atoms with Crippen molar-refractivity contribution in [2.45, 2.75) is 45.7 Å². The number of terminal acetylenes is 1. The smallest absolute Gasteiger partial charge is 0.0954 e. The summed E-state index contributed by atoms with van der Waals surface area (Å²) in [4.78, 5) is 4.55. The van der Waals surface area contributed by atoms with Crippen LogP contribution in [0, 0.1) is 12.3 Å². The third kappa shape index (κ3) is 4.03. The molecule has 0 bridgehead atoms. The molecule has 15 heavy (non-hydrogen) atoms. The summed E-state index contributed by atoms with van der Waals surface area (Å²) in [7, 11) is 0. The first kappa shape index (κ1) is 12.2. The van der Waals surface area contributed by atoms with Crippen LogP contribution in [0.1, 0.15) is 43.8 Å². The Kier molecular flexibility index (Phi) is 4.80. The fourth-order valence-electron chi connectivity index (χ4n) is 1.20. The maximum Gasteiger partial charge on any atom is 0.0954 e. The molecule has 82 valence electrons. The van der Waals surface area contributed by atoms with Crippen LogP contribution in [-0.4, -0.2) is 11.0 Å². The van der Waals surface area contributed by atoms with Gasteiger partial charge in [-0.05, 0) is 6.92 Å². The lowest BCUT2D eigenvalue weighted by Gasteiger charge is -2.08. The first-order valence-corrected chi connectivity index (χ1v) is 6.12. The first-order chi connectivity index (χ1) is 7.13. The highest BCUT2D eigenvalue weighted by Gasteiger charge is 2.06. The molecule has 1 rings (SSSR count). The van der Waals surface area contributed by atoms with Crippen molar-refractivity contribution in [1.29, 1.82) is 0 Å². The fourth-order valence-corrected chi connectivity index (χ4v) is 2.03. The Labute approximate surface area is 96.1 Å². The molecule has 1 heterocycles. The summed E-state index contributed by atoms with van der Waals surface area (Å²) in [6.07, 6.45) is 6.00. The van der Waals surface area contributed by atoms with Gasteiger partial charge >= 0.3 is 0 Å². The molecule has 3 heteroatoms. The van der Waals surface area contributed by atoms with E-state index < -0.39 is 0 Å². The molecule has 0 aromatic carbocycles. The van der Waals surface area contributed by atoms with Gasteiger partial charge in [0.2, 0.25) is 0 Å². The van der Waals surface area contributed by atoms with Crippen LogP contribution in [0.5, 0.6) is 0 Å². The molecule has 0 saturated heterocycles. The lowest BCUT2D eigenvalue weighted by atomic mass is 10.2. The number of thiazole rings is 1. The van der Waals surface area contributed by atoms with Gasteiger partial charge in [0.25, 0.3) is 0 Å². The summed E-state index contributed by atoms with van der Waals surface area (Å²) in [6.45, 7) is 7.23. The van der Waals surface area contributed by atoms with Crippen LogP contribution >= 0.6 is 11.3 Å². The van der Waals surface area contributed by atoms with Gasteiger partial charge in [-0.15, -0.1) is 23.7 Å². The van der Waals surface area contributed by atoms with Gasteiger partial charge in [0, 0.05) is 30.3 Å². The molecule has 0 aliphatic heterocycles. The van der Waals surface area contributed by atoms with E-state index in [9.17, 15) is 0 Å². The third-order valence-corrected chi connectivity index (χ3v) is 3.31. The summed E-state index contributed by atoms with van der Waals surface area (Å²) in [5.41, 5.74) is 1.12. The Hall–Kier alpha value is -0.850. The predicted octanol–water partition coefficient (Wildman–Crippen LogP) is 2.77. The summed E-state index contributed by atoms with van der Waals surface area (Å²) in [5, 5.41) is 6.67. The molecule has 1 N–H and O–H groups in total. The summed E-state index contributed by atoms with van der Waals surface area (Å²) < 4.78 is 0. The molecule has 0 aliphatic rings. The van der Waals surface area contributed by atoms with Crippen molar-refractivity contribution in [2.24, 2.45) is 0 Å². The highest BCUT2D eigenvalue weighted by Crippen LogP contribution is 2.18. The van der Waals surface area contributed by atoms with Crippen LogP contribution < -0.4 is 5.32 Å². The molecule has 1 atom stereocenters. The van der Waals surface area contributed by atoms with Gasteiger partial charge in [-0.1, -0.05) is 13.8 Å². The molecule has 2 nitrogen and oxygen atoms in total. The second-order valence-corrected chi connectivity index (χ2v) is 4.91. The van der Waals surface area contributed by atoms with Gasteiger partial charge < -0.3 is 5.32 Å². The van der Waals surface area contributed by atoms with Gasteiger partial charge in [-0.25, -0.2) is 4.98 Å². The Bertz CT molecular complexity index is 336. The molecule has 1 unspecified atom stereocenters. The van der Waals surface area contributed by atoms with Crippen molar-refractivity contribution in [2.75, 3.05) is 0 Å². The Morgan fingerprint density at radius 1 is 1.53 bits per heavy atom. The molecular formula is C12H18N2S. The summed E-state index contributed by atoms with van der Waals surface area (Å²) in [5.74, 6) is 3.17. The van der Waals surface area contributed by atoms with Gasteiger partial charge in [-0.3, -0.25) is 0 Å². The number of nitrogens with zero attached hydrogens (tertiary/aromatic N) is 1. The molecule has 1 aromatic heterocycles. The average molecular weight is 222 g/mol. The monoisotopic (exact) mass is 222 g/mol. The topological polar surface area (TPSA) is 24.9 Å². The Morgan fingerprint density at radius 3 is 2.80 bits per heavy atom. The number of hydrogen-bond acceptors (Lipinski definition) is 3. The Balaban J connectivity index is 2.41. The number of aromatic nitrogens is 1. The molecule has 0 spiro atoms. The standard InChI is InChI=1S/C12H18N2S/c1-5-6-10(4)13-7-11-8-15-12(14-11)9(2)3/h1,8-10,13H,6-7H2,2-4H3. The van der Waals surface area contributed by atoms with Crippen molar-refractivity contribution in [3.8, 4) is 12.3 Å². The highest BCUT2D eigenvalue weighted by molar-refractivity contribution is 7.09. The van der Waals surface area contributed by atoms with Gasteiger partial charge in [0.05, 0.1) is 10.7 Å². The number of nitrogens with one attached hydrogen (secondary N) is 1. The van der Waals surface area contributed by atoms with E-state index in [-0.39, 0.29) is 0 Å².